The zero-order valence-corrected chi connectivity index (χ0v) is 23.5. The van der Waals surface area contributed by atoms with E-state index in [1.54, 1.807) is 0 Å². The summed E-state index contributed by atoms with van der Waals surface area (Å²) in [5, 5.41) is 17.5. The number of fused-ring (bicyclic) bond motifs is 2. The van der Waals surface area contributed by atoms with Gasteiger partial charge in [-0.3, -0.25) is 0 Å². The third kappa shape index (κ3) is 5.19. The van der Waals surface area contributed by atoms with E-state index in [1.165, 1.54) is 52.5 Å². The van der Waals surface area contributed by atoms with Crippen molar-refractivity contribution in [3.05, 3.63) is 106 Å². The molecule has 2 heterocycles. The first-order chi connectivity index (χ1) is 19.2. The van der Waals surface area contributed by atoms with Crippen LogP contribution in [0.1, 0.15) is 43.1 Å². The Morgan fingerprint density at radius 3 is 2.56 bits per heavy atom. The lowest BCUT2D eigenvalue weighted by molar-refractivity contribution is 0.294. The molecule has 0 radical (unpaired) electrons. The second-order valence-electron chi connectivity index (χ2n) is 9.82. The lowest BCUT2D eigenvalue weighted by Crippen LogP contribution is -2.03. The van der Waals surface area contributed by atoms with Crippen LogP contribution in [-0.2, 0) is 19.6 Å². The van der Waals surface area contributed by atoms with E-state index >= 15 is 0 Å². The van der Waals surface area contributed by atoms with Gasteiger partial charge in [0, 0.05) is 17.4 Å². The fourth-order valence-electron chi connectivity index (χ4n) is 5.36. The van der Waals surface area contributed by atoms with E-state index in [0.717, 1.165) is 34.0 Å². The summed E-state index contributed by atoms with van der Waals surface area (Å²) in [7, 11) is 0. The van der Waals surface area contributed by atoms with Gasteiger partial charge in [0.15, 0.2) is 5.82 Å². The van der Waals surface area contributed by atoms with Gasteiger partial charge in [-0.15, -0.1) is 5.10 Å². The summed E-state index contributed by atoms with van der Waals surface area (Å²) < 4.78 is 9.41. The summed E-state index contributed by atoms with van der Waals surface area (Å²) in [5.41, 5.74) is 6.57. The Morgan fingerprint density at radius 2 is 1.74 bits per heavy atom. The molecule has 0 spiro atoms. The van der Waals surface area contributed by atoms with Gasteiger partial charge in [0.2, 0.25) is 0 Å². The first kappa shape index (κ1) is 25.3. The number of hydrogen-bond acceptors (Lipinski definition) is 4. The van der Waals surface area contributed by atoms with Crippen LogP contribution < -0.4 is 4.74 Å². The predicted octanol–water partition coefficient (Wildman–Crippen LogP) is 8.10. The quantitative estimate of drug-likeness (QED) is 0.166. The van der Waals surface area contributed by atoms with Crippen molar-refractivity contribution in [1.29, 1.82) is 0 Å². The summed E-state index contributed by atoms with van der Waals surface area (Å²) in [4.78, 5) is 0. The van der Waals surface area contributed by atoms with E-state index in [2.05, 4.69) is 127 Å². The average molecular weight is 581 g/mol. The van der Waals surface area contributed by atoms with Crippen molar-refractivity contribution in [3.63, 3.8) is 0 Å². The van der Waals surface area contributed by atoms with Gasteiger partial charge in [-0.2, -0.15) is 0 Å². The van der Waals surface area contributed by atoms with Gasteiger partial charge in [0.25, 0.3) is 0 Å². The molecule has 1 N–H and O–H groups in total. The van der Waals surface area contributed by atoms with Gasteiger partial charge in [0.05, 0.1) is 10.2 Å². The Kier molecular flexibility index (Phi) is 7.41. The van der Waals surface area contributed by atoms with Gasteiger partial charge in [-0.05, 0) is 84.9 Å². The Bertz CT molecular complexity index is 1710. The number of benzene rings is 4. The number of nitrogens with zero attached hydrogens (tertiary/aromatic N) is 4. The number of ether oxygens (including phenoxy) is 1. The molecule has 0 aliphatic heterocycles. The fraction of sp³-hybridized carbons (Fsp3) is 0.219. The number of rotatable bonds is 10. The molecule has 0 amide bonds. The van der Waals surface area contributed by atoms with Crippen molar-refractivity contribution in [2.45, 2.75) is 45.8 Å². The maximum absolute atomic E-state index is 5.98. The van der Waals surface area contributed by atoms with Crippen molar-refractivity contribution in [1.82, 2.24) is 25.2 Å². The fourth-order valence-corrected chi connectivity index (χ4v) is 5.96. The monoisotopic (exact) mass is 579 g/mol. The second kappa shape index (κ2) is 11.4. The molecule has 6 nitrogen and oxygen atoms in total. The van der Waals surface area contributed by atoms with Crippen LogP contribution in [0.25, 0.3) is 32.9 Å². The van der Waals surface area contributed by atoms with Gasteiger partial charge in [-0.25, -0.2) is 5.10 Å². The molecule has 0 saturated carbocycles. The minimum Gasteiger partial charge on any atom is -0.484 e. The average Bonchev–Trinajstić information content (AvgIpc) is 3.60. The molecule has 7 heteroatoms. The molecule has 0 bridgehead atoms. The number of nitrogens with one attached hydrogen (secondary N) is 1. The first-order valence-corrected chi connectivity index (χ1v) is 14.2. The first-order valence-electron chi connectivity index (χ1n) is 13.4. The number of para-hydroxylation sites is 1. The van der Waals surface area contributed by atoms with Gasteiger partial charge in [0.1, 0.15) is 12.4 Å². The lowest BCUT2D eigenvalue weighted by atomic mass is 9.98. The third-order valence-electron chi connectivity index (χ3n) is 7.24. The predicted molar refractivity (Wildman–Crippen MR) is 160 cm³/mol. The van der Waals surface area contributed by atoms with E-state index in [-0.39, 0.29) is 6.61 Å². The van der Waals surface area contributed by atoms with Crippen LogP contribution in [0.15, 0.2) is 89.4 Å². The summed E-state index contributed by atoms with van der Waals surface area (Å²) in [5.74, 6) is 1.34. The highest BCUT2D eigenvalue weighted by atomic mass is 79.9. The number of hydrogen-bond donors (Lipinski definition) is 1. The van der Waals surface area contributed by atoms with E-state index in [9.17, 15) is 0 Å². The molecule has 6 aromatic rings. The molecule has 0 aliphatic rings. The van der Waals surface area contributed by atoms with Crippen molar-refractivity contribution in [2.75, 3.05) is 0 Å². The number of aryl methyl sites for hydroxylation is 1. The zero-order chi connectivity index (χ0) is 26.6. The maximum atomic E-state index is 5.98. The minimum absolute atomic E-state index is 0.274. The van der Waals surface area contributed by atoms with Crippen LogP contribution in [0.4, 0.5) is 0 Å². The van der Waals surface area contributed by atoms with Crippen molar-refractivity contribution >= 4 is 37.6 Å². The molecular formula is C32H30BrN5O. The molecule has 0 fully saturated rings. The summed E-state index contributed by atoms with van der Waals surface area (Å²) in [6.07, 6.45) is 4.69. The van der Waals surface area contributed by atoms with E-state index < -0.39 is 0 Å². The molecule has 0 aliphatic carbocycles. The highest BCUT2D eigenvalue weighted by Crippen LogP contribution is 2.39. The maximum Gasteiger partial charge on any atom is 0.186 e. The van der Waals surface area contributed by atoms with Crippen LogP contribution in [0.5, 0.6) is 5.75 Å². The topological polar surface area (TPSA) is 68.6 Å². The number of aromatic amines is 1. The van der Waals surface area contributed by atoms with E-state index in [4.69, 9.17) is 4.74 Å². The highest BCUT2D eigenvalue weighted by Gasteiger charge is 2.19. The smallest absolute Gasteiger partial charge is 0.186 e. The molecule has 0 atom stereocenters. The zero-order valence-electron chi connectivity index (χ0n) is 21.9. The minimum atomic E-state index is 0.274. The highest BCUT2D eigenvalue weighted by molar-refractivity contribution is 9.10. The number of tetrazole rings is 1. The van der Waals surface area contributed by atoms with Crippen LogP contribution in [0, 0.1) is 0 Å². The Morgan fingerprint density at radius 1 is 0.897 bits per heavy atom. The Balaban J connectivity index is 1.45. The SMILES string of the molecule is CCCCCc1c(-c2ccc3c(Br)c(OCc4nnn[nH]4)ccc3c2)n(Cc2ccccc2)c2ccccc12. The van der Waals surface area contributed by atoms with Crippen LogP contribution in [0.2, 0.25) is 0 Å². The number of H-pyrrole nitrogens is 1. The molecule has 2 aromatic heterocycles. The number of aromatic nitrogens is 5. The number of halogens is 1. The standard InChI is InChI=1S/C32H30BrN5O/c1-2-3-5-13-27-26-12-8-9-14-28(26)38(20-22-10-6-4-7-11-22)32(27)24-15-17-25-23(19-24)16-18-29(31(25)33)39-21-30-34-36-37-35-30/h4,6-12,14-19H,2-3,5,13,20-21H2,1H3,(H,34,35,36,37). The molecule has 39 heavy (non-hydrogen) atoms. The number of unbranched alkanes of at least 4 members (excludes halogenated alkanes) is 2. The summed E-state index contributed by atoms with van der Waals surface area (Å²) in [6.45, 7) is 3.37. The summed E-state index contributed by atoms with van der Waals surface area (Å²) >= 11 is 3.78. The Labute approximate surface area is 236 Å². The van der Waals surface area contributed by atoms with Crippen molar-refractivity contribution in [2.24, 2.45) is 0 Å². The van der Waals surface area contributed by atoms with Crippen LogP contribution in [0.3, 0.4) is 0 Å². The lowest BCUT2D eigenvalue weighted by Gasteiger charge is -2.15. The third-order valence-corrected chi connectivity index (χ3v) is 8.05. The summed E-state index contributed by atoms with van der Waals surface area (Å²) in [6, 6.07) is 30.5. The van der Waals surface area contributed by atoms with Crippen molar-refractivity contribution in [3.8, 4) is 17.0 Å². The van der Waals surface area contributed by atoms with Crippen molar-refractivity contribution < 1.29 is 4.74 Å². The van der Waals surface area contributed by atoms with Crippen LogP contribution in [-0.4, -0.2) is 25.2 Å². The van der Waals surface area contributed by atoms with Gasteiger partial charge >= 0.3 is 0 Å². The molecule has 6 rings (SSSR count). The van der Waals surface area contributed by atoms with Crippen LogP contribution >= 0.6 is 15.9 Å². The molecule has 0 unspecified atom stereocenters. The van der Waals surface area contributed by atoms with E-state index in [1.807, 2.05) is 6.07 Å². The molecule has 4 aromatic carbocycles. The second-order valence-corrected chi connectivity index (χ2v) is 10.6. The van der Waals surface area contributed by atoms with Gasteiger partial charge in [-0.1, -0.05) is 86.5 Å². The van der Waals surface area contributed by atoms with E-state index in [0.29, 0.717) is 5.82 Å². The largest absolute Gasteiger partial charge is 0.484 e. The molecular weight excluding hydrogens is 550 g/mol. The molecule has 196 valence electrons. The molecule has 0 saturated heterocycles. The normalized spacial score (nSPS) is 11.4. The van der Waals surface area contributed by atoms with Gasteiger partial charge < -0.3 is 9.30 Å². The Hall–Kier alpha value is -3.97.